The molecule has 0 spiro atoms. The second-order valence-corrected chi connectivity index (χ2v) is 12.1. The molecule has 2 fully saturated rings. The minimum atomic E-state index is -0.0394. The third-order valence-corrected chi connectivity index (χ3v) is 8.52. The van der Waals surface area contributed by atoms with Gasteiger partial charge < -0.3 is 20.4 Å². The molecule has 1 unspecified atom stereocenters. The minimum Gasteiger partial charge on any atom is -0.444 e. The first-order valence-corrected chi connectivity index (χ1v) is 13.5. The number of nitrogens with zero attached hydrogens (tertiary/aromatic N) is 2. The second-order valence-electron chi connectivity index (χ2n) is 9.77. The van der Waals surface area contributed by atoms with Crippen LogP contribution in [-0.2, 0) is 16.0 Å². The van der Waals surface area contributed by atoms with Gasteiger partial charge in [-0.3, -0.25) is 4.79 Å². The van der Waals surface area contributed by atoms with Gasteiger partial charge in [0.05, 0.1) is 28.4 Å². The summed E-state index contributed by atoms with van der Waals surface area (Å²) in [6, 6.07) is -0.00642. The van der Waals surface area contributed by atoms with Crippen LogP contribution in [0.25, 0.3) is 0 Å². The van der Waals surface area contributed by atoms with Gasteiger partial charge in [0.25, 0.3) is 0 Å². The van der Waals surface area contributed by atoms with Crippen molar-refractivity contribution in [3.8, 4) is 0 Å². The molecule has 4 rings (SSSR count). The van der Waals surface area contributed by atoms with Crippen molar-refractivity contribution in [2.75, 3.05) is 26.2 Å². The predicted molar refractivity (Wildman–Crippen MR) is 129 cm³/mol. The second kappa shape index (κ2) is 10.7. The van der Waals surface area contributed by atoms with E-state index in [1.54, 1.807) is 23.1 Å². The van der Waals surface area contributed by atoms with E-state index in [9.17, 15) is 4.79 Å². The Kier molecular flexibility index (Phi) is 7.91. The normalized spacial score (nSPS) is 19.7. The van der Waals surface area contributed by atoms with Gasteiger partial charge in [0, 0.05) is 11.3 Å². The molecule has 1 amide bonds. The minimum absolute atomic E-state index is 0.00642. The number of oxazole rings is 1. The highest BCUT2D eigenvalue weighted by Gasteiger charge is 2.31. The van der Waals surface area contributed by atoms with Gasteiger partial charge in [0.15, 0.2) is 0 Å². The van der Waals surface area contributed by atoms with Crippen molar-refractivity contribution >= 4 is 29.0 Å². The monoisotopic (exact) mass is 477 g/mol. The van der Waals surface area contributed by atoms with Crippen molar-refractivity contribution in [2.24, 2.45) is 11.8 Å². The lowest BCUT2D eigenvalue weighted by atomic mass is 9.89. The summed E-state index contributed by atoms with van der Waals surface area (Å²) in [6.07, 6.45) is 7.71. The van der Waals surface area contributed by atoms with Gasteiger partial charge >= 0.3 is 0 Å². The molecule has 3 N–H and O–H groups in total. The molecule has 0 radical (unpaired) electrons. The van der Waals surface area contributed by atoms with E-state index in [-0.39, 0.29) is 23.3 Å². The van der Waals surface area contributed by atoms with Crippen LogP contribution in [0.3, 0.4) is 0 Å². The molecule has 2 aliphatic rings. The number of carbonyl (C=O) groups excluding carboxylic acids is 1. The third-order valence-electron chi connectivity index (χ3n) is 6.26. The molecule has 7 nitrogen and oxygen atoms in total. The van der Waals surface area contributed by atoms with Gasteiger partial charge in [0.1, 0.15) is 10.8 Å². The zero-order valence-electron chi connectivity index (χ0n) is 19.3. The molecule has 0 aromatic carbocycles. The van der Waals surface area contributed by atoms with Crippen LogP contribution in [-0.4, -0.2) is 42.1 Å². The van der Waals surface area contributed by atoms with E-state index in [2.05, 4.69) is 41.7 Å². The molecular formula is C23H35N5O2S2. The molecule has 176 valence electrons. The van der Waals surface area contributed by atoms with E-state index in [1.807, 2.05) is 12.4 Å². The number of thiazole rings is 1. The summed E-state index contributed by atoms with van der Waals surface area (Å²) in [6.45, 7) is 10.2. The Morgan fingerprint density at radius 2 is 1.84 bits per heavy atom. The van der Waals surface area contributed by atoms with Crippen molar-refractivity contribution in [2.45, 2.75) is 67.9 Å². The summed E-state index contributed by atoms with van der Waals surface area (Å²) in [5.74, 6) is 3.04. The van der Waals surface area contributed by atoms with Crippen molar-refractivity contribution in [3.05, 3.63) is 29.1 Å². The molecule has 0 aliphatic carbocycles. The van der Waals surface area contributed by atoms with E-state index in [1.165, 1.54) is 0 Å². The SMILES string of the molecule is CC(C)(C)c1cnc(CSc2cnc(C(NC(=O)C3CCNCC3)C3CCNCC3)s2)o1. The lowest BCUT2D eigenvalue weighted by molar-refractivity contribution is -0.127. The molecule has 0 bridgehead atoms. The van der Waals surface area contributed by atoms with E-state index in [0.29, 0.717) is 11.7 Å². The standard InChI is InChI=1S/C23H35N5O2S2/c1-23(2,3)17-12-26-18(30-17)14-31-19-13-27-22(32-19)20(15-4-8-24-9-5-15)28-21(29)16-6-10-25-11-7-16/h12-13,15-16,20,24-25H,4-11,14H2,1-3H3,(H,28,29). The Bertz CT molecular complexity index is 879. The highest BCUT2D eigenvalue weighted by Crippen LogP contribution is 2.36. The molecule has 2 aromatic rings. The summed E-state index contributed by atoms with van der Waals surface area (Å²) in [5, 5.41) is 11.2. The molecule has 32 heavy (non-hydrogen) atoms. The number of nitrogens with one attached hydrogen (secondary N) is 3. The molecule has 2 aromatic heterocycles. The van der Waals surface area contributed by atoms with Gasteiger partial charge in [-0.1, -0.05) is 20.8 Å². The number of rotatable bonds is 7. The van der Waals surface area contributed by atoms with Crippen LogP contribution in [0.1, 0.15) is 69.2 Å². The fourth-order valence-electron chi connectivity index (χ4n) is 4.25. The summed E-state index contributed by atoms with van der Waals surface area (Å²) >= 11 is 3.39. The Balaban J connectivity index is 1.42. The number of aromatic nitrogens is 2. The fourth-order valence-corrected chi connectivity index (χ4v) is 6.24. The zero-order chi connectivity index (χ0) is 22.6. The number of thioether (sulfide) groups is 1. The third kappa shape index (κ3) is 6.12. The largest absolute Gasteiger partial charge is 0.444 e. The van der Waals surface area contributed by atoms with Gasteiger partial charge in [0.2, 0.25) is 11.8 Å². The molecule has 2 aliphatic heterocycles. The molecule has 2 saturated heterocycles. The summed E-state index contributed by atoms with van der Waals surface area (Å²) in [5.41, 5.74) is -0.0394. The smallest absolute Gasteiger partial charge is 0.223 e. The molecule has 0 saturated carbocycles. The maximum atomic E-state index is 13.0. The summed E-state index contributed by atoms with van der Waals surface area (Å²) in [4.78, 5) is 22.2. The van der Waals surface area contributed by atoms with Crippen LogP contribution in [0.5, 0.6) is 0 Å². The Labute approximate surface area is 198 Å². The lowest BCUT2D eigenvalue weighted by Gasteiger charge is -2.32. The van der Waals surface area contributed by atoms with E-state index < -0.39 is 0 Å². The van der Waals surface area contributed by atoms with Crippen LogP contribution < -0.4 is 16.0 Å². The zero-order valence-corrected chi connectivity index (χ0v) is 20.9. The van der Waals surface area contributed by atoms with Crippen molar-refractivity contribution in [1.82, 2.24) is 25.9 Å². The Hall–Kier alpha value is -1.42. The van der Waals surface area contributed by atoms with Gasteiger partial charge in [-0.2, -0.15) is 0 Å². The number of piperidine rings is 2. The van der Waals surface area contributed by atoms with Crippen LogP contribution in [0.15, 0.2) is 21.0 Å². The average Bonchev–Trinajstić information content (AvgIpc) is 3.47. The highest BCUT2D eigenvalue weighted by molar-refractivity contribution is 8.00. The van der Waals surface area contributed by atoms with Crippen molar-refractivity contribution < 1.29 is 9.21 Å². The average molecular weight is 478 g/mol. The van der Waals surface area contributed by atoms with Gasteiger partial charge in [-0.05, 0) is 57.8 Å². The molecular weight excluding hydrogens is 442 g/mol. The van der Waals surface area contributed by atoms with Gasteiger partial charge in [-0.15, -0.1) is 23.1 Å². The number of amides is 1. The Morgan fingerprint density at radius 3 is 2.50 bits per heavy atom. The Morgan fingerprint density at radius 1 is 1.16 bits per heavy atom. The summed E-state index contributed by atoms with van der Waals surface area (Å²) in [7, 11) is 0. The van der Waals surface area contributed by atoms with E-state index in [4.69, 9.17) is 9.40 Å². The van der Waals surface area contributed by atoms with E-state index in [0.717, 1.165) is 72.7 Å². The molecule has 4 heterocycles. The van der Waals surface area contributed by atoms with Crippen LogP contribution in [0.4, 0.5) is 0 Å². The van der Waals surface area contributed by atoms with E-state index >= 15 is 0 Å². The number of hydrogen-bond donors (Lipinski definition) is 3. The maximum Gasteiger partial charge on any atom is 0.223 e. The van der Waals surface area contributed by atoms with Crippen LogP contribution in [0, 0.1) is 11.8 Å². The first-order chi connectivity index (χ1) is 15.4. The quantitative estimate of drug-likeness (QED) is 0.521. The van der Waals surface area contributed by atoms with Crippen molar-refractivity contribution in [1.29, 1.82) is 0 Å². The fraction of sp³-hybridized carbons (Fsp3) is 0.696. The predicted octanol–water partition coefficient (Wildman–Crippen LogP) is 3.88. The highest BCUT2D eigenvalue weighted by atomic mass is 32.2. The maximum absolute atomic E-state index is 13.0. The number of carbonyl (C=O) groups is 1. The first kappa shape index (κ1) is 23.7. The van der Waals surface area contributed by atoms with Gasteiger partial charge in [-0.25, -0.2) is 9.97 Å². The summed E-state index contributed by atoms with van der Waals surface area (Å²) < 4.78 is 7.05. The first-order valence-electron chi connectivity index (χ1n) is 11.7. The topological polar surface area (TPSA) is 92.1 Å². The van der Waals surface area contributed by atoms with Crippen LogP contribution in [0.2, 0.25) is 0 Å². The molecule has 1 atom stereocenters. The lowest BCUT2D eigenvalue weighted by Crippen LogP contribution is -2.43. The number of hydrogen-bond acceptors (Lipinski definition) is 8. The molecule has 9 heteroatoms. The van der Waals surface area contributed by atoms with Crippen LogP contribution >= 0.6 is 23.1 Å². The van der Waals surface area contributed by atoms with Crippen molar-refractivity contribution in [3.63, 3.8) is 0 Å².